The second-order valence-electron chi connectivity index (χ2n) is 4.67. The van der Waals surface area contributed by atoms with Crippen molar-refractivity contribution in [2.45, 2.75) is 32.2 Å². The predicted molar refractivity (Wildman–Crippen MR) is 82.2 cm³/mol. The summed E-state index contributed by atoms with van der Waals surface area (Å²) in [5.74, 6) is 0.226. The first-order valence-corrected chi connectivity index (χ1v) is 7.64. The lowest BCUT2D eigenvalue weighted by Crippen LogP contribution is -2.25. The van der Waals surface area contributed by atoms with E-state index in [0.717, 1.165) is 6.42 Å². The van der Waals surface area contributed by atoms with E-state index in [0.29, 0.717) is 36.4 Å². The van der Waals surface area contributed by atoms with Crippen LogP contribution in [-0.4, -0.2) is 22.0 Å². The number of hydrogen-bond donors (Lipinski definition) is 1. The van der Waals surface area contributed by atoms with Gasteiger partial charge in [0.1, 0.15) is 11.6 Å². The first-order chi connectivity index (χ1) is 10.1. The molecule has 0 atom stereocenters. The van der Waals surface area contributed by atoms with Crippen LogP contribution in [0.4, 0.5) is 4.39 Å². The first-order valence-electron chi connectivity index (χ1n) is 6.73. The average molecular weight is 332 g/mol. The minimum Gasteiger partial charge on any atom is -0.356 e. The zero-order valence-corrected chi connectivity index (χ0v) is 13.1. The van der Waals surface area contributed by atoms with Gasteiger partial charge in [-0.25, -0.2) is 9.37 Å². The van der Waals surface area contributed by atoms with Crippen molar-refractivity contribution < 1.29 is 9.18 Å². The number of benzene rings is 1. The van der Waals surface area contributed by atoms with E-state index in [1.54, 1.807) is 4.57 Å². The summed E-state index contributed by atoms with van der Waals surface area (Å²) < 4.78 is 15.3. The summed E-state index contributed by atoms with van der Waals surface area (Å²) in [6.45, 7) is 3.07. The highest BCUT2D eigenvalue weighted by Crippen LogP contribution is 2.24. The van der Waals surface area contributed by atoms with Gasteiger partial charge in [-0.1, -0.05) is 18.5 Å². The van der Waals surface area contributed by atoms with Crippen LogP contribution in [0.15, 0.2) is 12.1 Å². The molecule has 1 heterocycles. The fraction of sp³-hybridized carbons (Fsp3) is 0.429. The van der Waals surface area contributed by atoms with Gasteiger partial charge in [-0.15, -0.1) is 11.6 Å². The fourth-order valence-corrected chi connectivity index (χ4v) is 2.45. The number of carbonyl (C=O) groups is 1. The highest BCUT2D eigenvalue weighted by Gasteiger charge is 2.14. The predicted octanol–water partition coefficient (Wildman–Crippen LogP) is 3.48. The lowest BCUT2D eigenvalue weighted by Gasteiger charge is -2.08. The molecular weight excluding hydrogens is 316 g/mol. The summed E-state index contributed by atoms with van der Waals surface area (Å²) in [5, 5.41) is 2.84. The normalized spacial score (nSPS) is 11.0. The Morgan fingerprint density at radius 2 is 2.24 bits per heavy atom. The zero-order valence-electron chi connectivity index (χ0n) is 11.6. The smallest absolute Gasteiger partial charge is 0.221 e. The minimum atomic E-state index is -0.518. The van der Waals surface area contributed by atoms with E-state index in [1.165, 1.54) is 12.1 Å². The molecule has 0 aliphatic carbocycles. The molecule has 1 aromatic heterocycles. The molecule has 4 nitrogen and oxygen atoms in total. The molecule has 0 radical (unpaired) electrons. The summed E-state index contributed by atoms with van der Waals surface area (Å²) in [4.78, 5) is 16.0. The third-order valence-electron chi connectivity index (χ3n) is 3.12. The molecule has 1 aromatic carbocycles. The molecule has 0 aliphatic rings. The van der Waals surface area contributed by atoms with Crippen LogP contribution in [0.3, 0.4) is 0 Å². The number of aryl methyl sites for hydroxylation is 1. The number of hydrogen-bond acceptors (Lipinski definition) is 2. The second kappa shape index (κ2) is 7.09. The van der Waals surface area contributed by atoms with Crippen LogP contribution in [0, 0.1) is 5.82 Å². The van der Waals surface area contributed by atoms with E-state index < -0.39 is 5.82 Å². The Morgan fingerprint density at radius 3 is 2.90 bits per heavy atom. The molecule has 0 fully saturated rings. The number of halogens is 3. The van der Waals surface area contributed by atoms with E-state index >= 15 is 0 Å². The van der Waals surface area contributed by atoms with Gasteiger partial charge >= 0.3 is 0 Å². The van der Waals surface area contributed by atoms with Crippen LogP contribution in [0.5, 0.6) is 0 Å². The monoisotopic (exact) mass is 331 g/mol. The number of aromatic nitrogens is 2. The molecule has 2 rings (SSSR count). The van der Waals surface area contributed by atoms with Crippen molar-refractivity contribution in [1.82, 2.24) is 14.9 Å². The van der Waals surface area contributed by atoms with Gasteiger partial charge in [0.25, 0.3) is 0 Å². The fourth-order valence-electron chi connectivity index (χ4n) is 2.09. The van der Waals surface area contributed by atoms with Gasteiger partial charge in [-0.2, -0.15) is 0 Å². The number of alkyl halides is 1. The van der Waals surface area contributed by atoms with E-state index in [-0.39, 0.29) is 16.8 Å². The van der Waals surface area contributed by atoms with Crippen LogP contribution in [0.2, 0.25) is 5.02 Å². The van der Waals surface area contributed by atoms with E-state index in [4.69, 9.17) is 23.2 Å². The van der Waals surface area contributed by atoms with Crippen molar-refractivity contribution in [3.63, 3.8) is 0 Å². The van der Waals surface area contributed by atoms with E-state index in [1.807, 2.05) is 6.92 Å². The number of rotatable bonds is 6. The topological polar surface area (TPSA) is 46.9 Å². The number of fused-ring (bicyclic) bond motifs is 1. The van der Waals surface area contributed by atoms with Gasteiger partial charge in [-0.05, 0) is 12.5 Å². The number of imidazole rings is 1. The Kier molecular flexibility index (Phi) is 5.42. The molecule has 1 amide bonds. The standard InChI is InChI=1S/C14H16Cl2FN3O/c1-2-4-18-14(21)3-5-20-12-6-9(16)10(17)7-11(12)19-13(20)8-15/h6-7H,2-5,8H2,1H3,(H,18,21). The third-order valence-corrected chi connectivity index (χ3v) is 3.65. The van der Waals surface area contributed by atoms with Gasteiger partial charge in [0.15, 0.2) is 0 Å². The molecule has 0 saturated heterocycles. The second-order valence-corrected chi connectivity index (χ2v) is 5.34. The van der Waals surface area contributed by atoms with Crippen molar-refractivity contribution in [3.05, 3.63) is 28.8 Å². The van der Waals surface area contributed by atoms with Crippen LogP contribution >= 0.6 is 23.2 Å². The summed E-state index contributed by atoms with van der Waals surface area (Å²) >= 11 is 11.7. The molecular formula is C14H16Cl2FN3O. The maximum atomic E-state index is 13.5. The number of carbonyl (C=O) groups excluding carboxylic acids is 1. The Balaban J connectivity index is 2.25. The lowest BCUT2D eigenvalue weighted by atomic mass is 10.3. The molecule has 0 bridgehead atoms. The Hall–Kier alpha value is -1.33. The molecule has 0 spiro atoms. The number of amides is 1. The van der Waals surface area contributed by atoms with Crippen LogP contribution in [-0.2, 0) is 17.2 Å². The van der Waals surface area contributed by atoms with Gasteiger partial charge in [0, 0.05) is 25.6 Å². The molecule has 21 heavy (non-hydrogen) atoms. The Bertz CT molecular complexity index is 657. The average Bonchev–Trinajstić information content (AvgIpc) is 2.80. The summed E-state index contributed by atoms with van der Waals surface area (Å²) in [6.07, 6.45) is 1.20. The Labute approximate surface area is 132 Å². The van der Waals surface area contributed by atoms with Crippen LogP contribution < -0.4 is 5.32 Å². The minimum absolute atomic E-state index is 0.0280. The lowest BCUT2D eigenvalue weighted by molar-refractivity contribution is -0.121. The molecule has 7 heteroatoms. The van der Waals surface area contributed by atoms with Gasteiger partial charge in [0.05, 0.1) is 21.9 Å². The number of nitrogens with zero attached hydrogens (tertiary/aromatic N) is 2. The summed E-state index contributed by atoms with van der Waals surface area (Å²) in [5.41, 5.74) is 1.17. The maximum Gasteiger partial charge on any atom is 0.221 e. The van der Waals surface area contributed by atoms with Crippen molar-refractivity contribution in [2.24, 2.45) is 0 Å². The van der Waals surface area contributed by atoms with E-state index in [2.05, 4.69) is 10.3 Å². The molecule has 114 valence electrons. The van der Waals surface area contributed by atoms with Crippen molar-refractivity contribution in [2.75, 3.05) is 6.54 Å². The van der Waals surface area contributed by atoms with Crippen molar-refractivity contribution in [3.8, 4) is 0 Å². The SMILES string of the molecule is CCCNC(=O)CCn1c(CCl)nc2cc(F)c(Cl)cc21. The van der Waals surface area contributed by atoms with E-state index in [9.17, 15) is 9.18 Å². The molecule has 0 unspecified atom stereocenters. The first kappa shape index (κ1) is 16.0. The number of nitrogens with one attached hydrogen (secondary N) is 1. The summed E-state index contributed by atoms with van der Waals surface area (Å²) in [7, 11) is 0. The molecule has 2 aromatic rings. The van der Waals surface area contributed by atoms with Gasteiger partial charge < -0.3 is 9.88 Å². The third kappa shape index (κ3) is 3.66. The van der Waals surface area contributed by atoms with Gasteiger partial charge in [0.2, 0.25) is 5.91 Å². The van der Waals surface area contributed by atoms with Crippen LogP contribution in [0.1, 0.15) is 25.6 Å². The maximum absolute atomic E-state index is 13.5. The van der Waals surface area contributed by atoms with Crippen molar-refractivity contribution >= 4 is 40.1 Å². The zero-order chi connectivity index (χ0) is 15.4. The molecule has 0 aliphatic heterocycles. The van der Waals surface area contributed by atoms with Crippen LogP contribution in [0.25, 0.3) is 11.0 Å². The molecule has 1 N–H and O–H groups in total. The Morgan fingerprint density at radius 1 is 1.48 bits per heavy atom. The van der Waals surface area contributed by atoms with Crippen molar-refractivity contribution in [1.29, 1.82) is 0 Å². The molecule has 0 saturated carbocycles. The summed E-state index contributed by atoms with van der Waals surface area (Å²) in [6, 6.07) is 2.79. The highest BCUT2D eigenvalue weighted by atomic mass is 35.5. The highest BCUT2D eigenvalue weighted by molar-refractivity contribution is 6.31. The largest absolute Gasteiger partial charge is 0.356 e. The van der Waals surface area contributed by atoms with Gasteiger partial charge in [-0.3, -0.25) is 4.79 Å². The quantitative estimate of drug-likeness (QED) is 0.823.